The molecule has 0 unspecified atom stereocenters. The summed E-state index contributed by atoms with van der Waals surface area (Å²) in [5, 5.41) is 5.74. The first-order valence-electron chi connectivity index (χ1n) is 8.63. The molecule has 26 heavy (non-hydrogen) atoms. The van der Waals surface area contributed by atoms with Crippen LogP contribution < -0.4 is 10.3 Å². The molecule has 4 aromatic rings. The average Bonchev–Trinajstić information content (AvgIpc) is 2.68. The van der Waals surface area contributed by atoms with Crippen LogP contribution in [0, 0.1) is 0 Å². The molecule has 0 radical (unpaired) electrons. The third-order valence-corrected chi connectivity index (χ3v) is 4.33. The van der Waals surface area contributed by atoms with E-state index in [-0.39, 0.29) is 5.97 Å². The van der Waals surface area contributed by atoms with E-state index >= 15 is 0 Å². The van der Waals surface area contributed by atoms with E-state index in [1.54, 1.807) is 19.1 Å². The maximum atomic E-state index is 11.8. The number of rotatable bonds is 4. The van der Waals surface area contributed by atoms with Crippen LogP contribution in [-0.2, 0) is 4.74 Å². The van der Waals surface area contributed by atoms with Gasteiger partial charge in [-0.15, -0.1) is 0 Å². The van der Waals surface area contributed by atoms with Crippen LogP contribution in [0.4, 0.5) is 11.4 Å². The summed E-state index contributed by atoms with van der Waals surface area (Å²) in [5.41, 5.74) is 4.64. The number of fused-ring (bicyclic) bond motifs is 2. The van der Waals surface area contributed by atoms with Crippen LogP contribution in [0.2, 0.25) is 0 Å². The number of ether oxygens (including phenoxy) is 1. The molecule has 3 aromatic carbocycles. The lowest BCUT2D eigenvalue weighted by Crippen LogP contribution is -2.08. The third kappa shape index (κ3) is 2.97. The lowest BCUT2D eigenvalue weighted by Gasteiger charge is -2.11. The van der Waals surface area contributed by atoms with Crippen molar-refractivity contribution in [3.8, 4) is 0 Å². The van der Waals surface area contributed by atoms with Crippen molar-refractivity contribution in [3.63, 3.8) is 0 Å². The van der Waals surface area contributed by atoms with Crippen molar-refractivity contribution in [2.75, 3.05) is 11.9 Å². The van der Waals surface area contributed by atoms with E-state index in [9.17, 15) is 4.79 Å². The second-order valence-electron chi connectivity index (χ2n) is 6.01. The summed E-state index contributed by atoms with van der Waals surface area (Å²) in [7, 11) is 0. The SMILES string of the molecule is CCOC(=O)c1ccc(Nc2c3ccccc3[nH+]c3ccccc23)cc1. The van der Waals surface area contributed by atoms with Crippen LogP contribution in [0.15, 0.2) is 72.8 Å². The van der Waals surface area contributed by atoms with Crippen molar-refractivity contribution in [2.45, 2.75) is 6.92 Å². The Hall–Kier alpha value is -3.40. The number of nitrogens with one attached hydrogen (secondary N) is 2. The molecule has 2 N–H and O–H groups in total. The summed E-state index contributed by atoms with van der Waals surface area (Å²) in [6, 6.07) is 23.8. The molecule has 128 valence electrons. The topological polar surface area (TPSA) is 52.5 Å². The molecule has 4 nitrogen and oxygen atoms in total. The number of aromatic nitrogens is 1. The highest BCUT2D eigenvalue weighted by Gasteiger charge is 2.14. The zero-order valence-corrected chi connectivity index (χ0v) is 14.5. The molecular formula is C22H19N2O2+. The first-order chi connectivity index (χ1) is 12.8. The quantitative estimate of drug-likeness (QED) is 0.431. The van der Waals surface area contributed by atoms with Crippen LogP contribution >= 0.6 is 0 Å². The van der Waals surface area contributed by atoms with Gasteiger partial charge in [0.2, 0.25) is 11.0 Å². The van der Waals surface area contributed by atoms with Crippen molar-refractivity contribution in [1.29, 1.82) is 0 Å². The minimum Gasteiger partial charge on any atom is -0.462 e. The van der Waals surface area contributed by atoms with Crippen molar-refractivity contribution < 1.29 is 14.5 Å². The molecule has 0 saturated heterocycles. The molecule has 0 aliphatic carbocycles. The number of pyridine rings is 1. The van der Waals surface area contributed by atoms with Crippen LogP contribution in [0.1, 0.15) is 17.3 Å². The maximum absolute atomic E-state index is 11.8. The molecule has 0 fully saturated rings. The molecule has 0 aliphatic rings. The van der Waals surface area contributed by atoms with Crippen molar-refractivity contribution in [3.05, 3.63) is 78.4 Å². The normalized spacial score (nSPS) is 10.8. The van der Waals surface area contributed by atoms with Gasteiger partial charge in [0.05, 0.1) is 28.6 Å². The molecule has 0 spiro atoms. The largest absolute Gasteiger partial charge is 0.462 e. The van der Waals surface area contributed by atoms with Crippen molar-refractivity contribution in [2.24, 2.45) is 0 Å². The number of carbonyl (C=O) groups is 1. The first-order valence-corrected chi connectivity index (χ1v) is 8.63. The number of esters is 1. The van der Waals surface area contributed by atoms with Gasteiger partial charge >= 0.3 is 5.97 Å². The van der Waals surface area contributed by atoms with Crippen molar-refractivity contribution in [1.82, 2.24) is 0 Å². The summed E-state index contributed by atoms with van der Waals surface area (Å²) >= 11 is 0. The van der Waals surface area contributed by atoms with E-state index < -0.39 is 0 Å². The first kappa shape index (κ1) is 16.1. The summed E-state index contributed by atoms with van der Waals surface area (Å²) in [6.45, 7) is 2.17. The number of H-pyrrole nitrogens is 1. The molecule has 0 aliphatic heterocycles. The second-order valence-corrected chi connectivity index (χ2v) is 6.01. The van der Waals surface area contributed by atoms with Gasteiger partial charge < -0.3 is 10.1 Å². The Labute approximate surface area is 151 Å². The molecular weight excluding hydrogens is 324 g/mol. The fourth-order valence-electron chi connectivity index (χ4n) is 3.09. The van der Waals surface area contributed by atoms with Gasteiger partial charge in [-0.1, -0.05) is 24.3 Å². The Morgan fingerprint density at radius 2 is 1.46 bits per heavy atom. The number of para-hydroxylation sites is 2. The smallest absolute Gasteiger partial charge is 0.338 e. The minimum absolute atomic E-state index is 0.302. The predicted molar refractivity (Wildman–Crippen MR) is 104 cm³/mol. The number of aromatic amines is 1. The number of carbonyl (C=O) groups excluding carboxylic acids is 1. The van der Waals surface area contributed by atoms with E-state index in [0.29, 0.717) is 12.2 Å². The third-order valence-electron chi connectivity index (χ3n) is 4.33. The fraction of sp³-hybridized carbons (Fsp3) is 0.0909. The molecule has 0 atom stereocenters. The van der Waals surface area contributed by atoms with Crippen molar-refractivity contribution >= 4 is 39.1 Å². The predicted octanol–water partition coefficient (Wildman–Crippen LogP) is 4.73. The van der Waals surface area contributed by atoms with Gasteiger partial charge in [0.1, 0.15) is 0 Å². The number of anilines is 2. The molecule has 0 bridgehead atoms. The number of hydrogen-bond acceptors (Lipinski definition) is 3. The fourth-order valence-corrected chi connectivity index (χ4v) is 3.09. The van der Waals surface area contributed by atoms with E-state index in [2.05, 4.69) is 34.6 Å². The molecule has 0 saturated carbocycles. The minimum atomic E-state index is -0.302. The maximum Gasteiger partial charge on any atom is 0.338 e. The highest BCUT2D eigenvalue weighted by Crippen LogP contribution is 2.31. The lowest BCUT2D eigenvalue weighted by atomic mass is 10.1. The molecule has 1 aromatic heterocycles. The van der Waals surface area contributed by atoms with Gasteiger partial charge in [0, 0.05) is 17.8 Å². The van der Waals surface area contributed by atoms with E-state index in [1.807, 2.05) is 36.4 Å². The highest BCUT2D eigenvalue weighted by molar-refractivity contribution is 6.06. The van der Waals surface area contributed by atoms with Crippen LogP contribution in [0.5, 0.6) is 0 Å². The Morgan fingerprint density at radius 1 is 0.885 bits per heavy atom. The standard InChI is InChI=1S/C22H18N2O2/c1-2-26-22(25)15-11-13-16(14-12-15)23-21-17-7-3-5-9-19(17)24-20-10-6-4-8-18(20)21/h3-14H,2H2,1H3,(H,23,24)/p+1. The molecule has 0 amide bonds. The second kappa shape index (κ2) is 6.84. The van der Waals surface area contributed by atoms with Gasteiger partial charge in [-0.05, 0) is 43.3 Å². The Morgan fingerprint density at radius 3 is 2.04 bits per heavy atom. The number of benzene rings is 3. The lowest BCUT2D eigenvalue weighted by molar-refractivity contribution is -0.310. The zero-order chi connectivity index (χ0) is 17.9. The van der Waals surface area contributed by atoms with Gasteiger partial charge in [0.15, 0.2) is 0 Å². The summed E-state index contributed by atoms with van der Waals surface area (Å²) in [5.74, 6) is -0.302. The average molecular weight is 343 g/mol. The summed E-state index contributed by atoms with van der Waals surface area (Å²) < 4.78 is 5.04. The number of hydrogen-bond donors (Lipinski definition) is 1. The van der Waals surface area contributed by atoms with Gasteiger partial charge in [-0.3, -0.25) is 0 Å². The highest BCUT2D eigenvalue weighted by atomic mass is 16.5. The van der Waals surface area contributed by atoms with Crippen LogP contribution in [0.3, 0.4) is 0 Å². The van der Waals surface area contributed by atoms with Gasteiger partial charge in [-0.25, -0.2) is 9.78 Å². The summed E-state index contributed by atoms with van der Waals surface area (Å²) in [4.78, 5) is 15.3. The van der Waals surface area contributed by atoms with Gasteiger partial charge in [0.25, 0.3) is 0 Å². The Bertz CT molecular complexity index is 1030. The van der Waals surface area contributed by atoms with E-state index in [0.717, 1.165) is 33.2 Å². The molecule has 1 heterocycles. The van der Waals surface area contributed by atoms with Crippen LogP contribution in [-0.4, -0.2) is 12.6 Å². The monoisotopic (exact) mass is 343 g/mol. The molecule has 4 rings (SSSR count). The van der Waals surface area contributed by atoms with Crippen LogP contribution in [0.25, 0.3) is 21.8 Å². The van der Waals surface area contributed by atoms with Gasteiger partial charge in [-0.2, -0.15) is 0 Å². The Kier molecular flexibility index (Phi) is 4.23. The van der Waals surface area contributed by atoms with E-state index in [1.165, 1.54) is 0 Å². The van der Waals surface area contributed by atoms with E-state index in [4.69, 9.17) is 4.74 Å². The zero-order valence-electron chi connectivity index (χ0n) is 14.5. The summed E-state index contributed by atoms with van der Waals surface area (Å²) in [6.07, 6.45) is 0. The molecule has 4 heteroatoms. The Balaban J connectivity index is 1.77.